The number of rotatable bonds is 3. The molecule has 2 fully saturated rings. The summed E-state index contributed by atoms with van der Waals surface area (Å²) >= 11 is 0. The highest BCUT2D eigenvalue weighted by Gasteiger charge is 2.38. The predicted molar refractivity (Wildman–Crippen MR) is 82.2 cm³/mol. The van der Waals surface area contributed by atoms with E-state index in [9.17, 15) is 4.79 Å². The molecule has 2 heterocycles. The zero-order valence-corrected chi connectivity index (χ0v) is 14.1. The van der Waals surface area contributed by atoms with Gasteiger partial charge in [0.25, 0.3) is 0 Å². The Balaban J connectivity index is 1.89. The molecule has 0 amide bonds. The van der Waals surface area contributed by atoms with E-state index in [1.54, 1.807) is 0 Å². The van der Waals surface area contributed by atoms with Crippen molar-refractivity contribution in [3.05, 3.63) is 0 Å². The first-order valence-electron chi connectivity index (χ1n) is 7.98. The summed E-state index contributed by atoms with van der Waals surface area (Å²) in [5.41, 5.74) is -0.921. The Hall–Kier alpha value is -0.650. The maximum Gasteiger partial charge on any atom is 0.313 e. The number of esters is 1. The van der Waals surface area contributed by atoms with E-state index < -0.39 is 11.0 Å². The van der Waals surface area contributed by atoms with E-state index in [0.717, 1.165) is 39.2 Å². The van der Waals surface area contributed by atoms with E-state index in [0.29, 0.717) is 12.1 Å². The maximum absolute atomic E-state index is 12.3. The van der Waals surface area contributed by atoms with E-state index >= 15 is 0 Å². The van der Waals surface area contributed by atoms with E-state index in [2.05, 4.69) is 10.2 Å². The molecule has 0 aromatic rings. The molecular formula is C16H30N2O3. The van der Waals surface area contributed by atoms with Crippen LogP contribution >= 0.6 is 0 Å². The minimum Gasteiger partial charge on any atom is -0.460 e. The zero-order chi connectivity index (χ0) is 15.7. The fourth-order valence-corrected chi connectivity index (χ4v) is 3.03. The number of carbonyl (C=O) groups is 1. The van der Waals surface area contributed by atoms with Gasteiger partial charge in [-0.2, -0.15) is 0 Å². The van der Waals surface area contributed by atoms with Crippen LogP contribution in [0, 0.1) is 5.41 Å². The van der Waals surface area contributed by atoms with Crippen molar-refractivity contribution in [2.24, 2.45) is 5.41 Å². The third-order valence-electron chi connectivity index (χ3n) is 4.04. The van der Waals surface area contributed by atoms with Crippen molar-refractivity contribution in [3.63, 3.8) is 0 Å². The van der Waals surface area contributed by atoms with Crippen LogP contribution in [0.2, 0.25) is 0 Å². The van der Waals surface area contributed by atoms with Crippen LogP contribution in [-0.4, -0.2) is 61.4 Å². The second-order valence-electron chi connectivity index (χ2n) is 7.88. The van der Waals surface area contributed by atoms with Crippen LogP contribution in [0.5, 0.6) is 0 Å². The first-order valence-corrected chi connectivity index (χ1v) is 7.98. The van der Waals surface area contributed by atoms with Crippen molar-refractivity contribution < 1.29 is 14.3 Å². The third-order valence-corrected chi connectivity index (χ3v) is 4.04. The molecule has 0 aromatic heterocycles. The number of ether oxygens (including phenoxy) is 2. The Morgan fingerprint density at radius 1 is 1.33 bits per heavy atom. The molecule has 0 bridgehead atoms. The lowest BCUT2D eigenvalue weighted by atomic mass is 9.90. The predicted octanol–water partition coefficient (Wildman–Crippen LogP) is 1.42. The Morgan fingerprint density at radius 2 is 2.05 bits per heavy atom. The van der Waals surface area contributed by atoms with Gasteiger partial charge in [-0.15, -0.1) is 0 Å². The molecule has 0 aliphatic carbocycles. The van der Waals surface area contributed by atoms with Gasteiger partial charge in [-0.1, -0.05) is 0 Å². The lowest BCUT2D eigenvalue weighted by Crippen LogP contribution is -2.59. The number of likely N-dealkylation sites (tertiary alicyclic amines) is 1. The van der Waals surface area contributed by atoms with Crippen molar-refractivity contribution in [3.8, 4) is 0 Å². The standard InChI is InChI=1S/C16H30N2O3/c1-15(2,3)21-14(19)16(4,5)11-18-8-6-13-12(10-18)17-7-9-20-13/h12-13,17H,6-11H2,1-5H3/t12-,13+/m1/s1. The first-order chi connectivity index (χ1) is 9.67. The molecule has 5 nitrogen and oxygen atoms in total. The Kier molecular flexibility index (Phi) is 4.96. The molecule has 0 radical (unpaired) electrons. The normalized spacial score (nSPS) is 28.0. The molecule has 0 spiro atoms. The summed E-state index contributed by atoms with van der Waals surface area (Å²) in [7, 11) is 0. The first kappa shape index (κ1) is 16.7. The number of carbonyl (C=O) groups excluding carboxylic acids is 1. The van der Waals surface area contributed by atoms with Crippen molar-refractivity contribution in [2.45, 2.75) is 58.8 Å². The van der Waals surface area contributed by atoms with Crippen LogP contribution in [0.4, 0.5) is 0 Å². The van der Waals surface area contributed by atoms with E-state index in [4.69, 9.17) is 9.47 Å². The summed E-state index contributed by atoms with van der Waals surface area (Å²) in [5, 5.41) is 3.52. The lowest BCUT2D eigenvalue weighted by Gasteiger charge is -2.43. The summed E-state index contributed by atoms with van der Waals surface area (Å²) in [6.07, 6.45) is 1.36. The number of morpholine rings is 1. The zero-order valence-electron chi connectivity index (χ0n) is 14.1. The second-order valence-corrected chi connectivity index (χ2v) is 7.88. The van der Waals surface area contributed by atoms with Crippen LogP contribution in [-0.2, 0) is 14.3 Å². The van der Waals surface area contributed by atoms with Gasteiger partial charge in [-0.3, -0.25) is 4.79 Å². The van der Waals surface area contributed by atoms with Gasteiger partial charge in [0.05, 0.1) is 18.1 Å². The molecule has 0 aromatic carbocycles. The minimum absolute atomic E-state index is 0.120. The van der Waals surface area contributed by atoms with Gasteiger partial charge in [-0.25, -0.2) is 0 Å². The molecule has 2 aliphatic heterocycles. The van der Waals surface area contributed by atoms with Crippen LogP contribution in [0.3, 0.4) is 0 Å². The van der Waals surface area contributed by atoms with Gasteiger partial charge in [-0.05, 0) is 41.0 Å². The Morgan fingerprint density at radius 3 is 2.71 bits per heavy atom. The number of fused-ring (bicyclic) bond motifs is 1. The molecule has 0 saturated carbocycles. The van der Waals surface area contributed by atoms with Gasteiger partial charge < -0.3 is 19.7 Å². The minimum atomic E-state index is -0.490. The van der Waals surface area contributed by atoms with Gasteiger partial charge in [0.2, 0.25) is 0 Å². The van der Waals surface area contributed by atoms with E-state index in [1.807, 2.05) is 34.6 Å². The Bertz CT molecular complexity index is 376. The molecule has 2 rings (SSSR count). The smallest absolute Gasteiger partial charge is 0.313 e. The van der Waals surface area contributed by atoms with Crippen molar-refractivity contribution in [1.82, 2.24) is 10.2 Å². The highest BCUT2D eigenvalue weighted by atomic mass is 16.6. The van der Waals surface area contributed by atoms with Crippen molar-refractivity contribution in [2.75, 3.05) is 32.8 Å². The number of piperidine rings is 1. The Labute approximate surface area is 128 Å². The van der Waals surface area contributed by atoms with Crippen LogP contribution in [0.1, 0.15) is 41.0 Å². The quantitative estimate of drug-likeness (QED) is 0.799. The summed E-state index contributed by atoms with van der Waals surface area (Å²) in [4.78, 5) is 14.7. The summed E-state index contributed by atoms with van der Waals surface area (Å²) < 4.78 is 11.3. The highest BCUT2D eigenvalue weighted by molar-refractivity contribution is 5.76. The average molecular weight is 298 g/mol. The third kappa shape index (κ3) is 4.66. The lowest BCUT2D eigenvalue weighted by molar-refractivity contribution is -0.167. The highest BCUT2D eigenvalue weighted by Crippen LogP contribution is 2.25. The average Bonchev–Trinajstić information content (AvgIpc) is 2.36. The topological polar surface area (TPSA) is 50.8 Å². The molecule has 21 heavy (non-hydrogen) atoms. The molecular weight excluding hydrogens is 268 g/mol. The van der Waals surface area contributed by atoms with E-state index in [1.165, 1.54) is 0 Å². The SMILES string of the molecule is CC(C)(C)OC(=O)C(C)(C)CN1CC[C@@H]2OCCN[C@@H]2C1. The summed E-state index contributed by atoms with van der Waals surface area (Å²) in [6, 6.07) is 0.391. The van der Waals surface area contributed by atoms with Crippen molar-refractivity contribution in [1.29, 1.82) is 0 Å². The number of hydrogen-bond acceptors (Lipinski definition) is 5. The fraction of sp³-hybridized carbons (Fsp3) is 0.938. The largest absolute Gasteiger partial charge is 0.460 e. The van der Waals surface area contributed by atoms with Gasteiger partial charge in [0.15, 0.2) is 0 Å². The maximum atomic E-state index is 12.3. The second kappa shape index (κ2) is 6.23. The molecule has 1 N–H and O–H groups in total. The molecule has 5 heteroatoms. The number of hydrogen-bond donors (Lipinski definition) is 1. The monoisotopic (exact) mass is 298 g/mol. The summed E-state index contributed by atoms with van der Waals surface area (Å²) in [5.74, 6) is -0.120. The molecule has 122 valence electrons. The fourth-order valence-electron chi connectivity index (χ4n) is 3.03. The van der Waals surface area contributed by atoms with Crippen LogP contribution in [0.15, 0.2) is 0 Å². The molecule has 2 aliphatic rings. The number of nitrogens with one attached hydrogen (secondary N) is 1. The summed E-state index contributed by atoms with van der Waals surface area (Å²) in [6.45, 7) is 14.1. The van der Waals surface area contributed by atoms with E-state index in [-0.39, 0.29) is 5.97 Å². The van der Waals surface area contributed by atoms with Crippen molar-refractivity contribution >= 4 is 5.97 Å². The molecule has 0 unspecified atom stereocenters. The number of nitrogens with zero attached hydrogens (tertiary/aromatic N) is 1. The van der Waals surface area contributed by atoms with Gasteiger partial charge in [0, 0.05) is 32.2 Å². The van der Waals surface area contributed by atoms with Crippen LogP contribution < -0.4 is 5.32 Å². The van der Waals surface area contributed by atoms with Crippen LogP contribution in [0.25, 0.3) is 0 Å². The van der Waals surface area contributed by atoms with Gasteiger partial charge in [0.1, 0.15) is 5.60 Å². The van der Waals surface area contributed by atoms with Gasteiger partial charge >= 0.3 is 5.97 Å². The molecule has 2 saturated heterocycles. The molecule has 2 atom stereocenters.